The van der Waals surface area contributed by atoms with Gasteiger partial charge in [0.2, 0.25) is 0 Å². The molecule has 0 aliphatic rings. The zero-order valence-corrected chi connectivity index (χ0v) is 26.7. The van der Waals surface area contributed by atoms with Crippen LogP contribution < -0.4 is 16.2 Å². The number of thioether (sulfide) groups is 1. The van der Waals surface area contributed by atoms with Crippen molar-refractivity contribution in [3.63, 3.8) is 0 Å². The molecule has 3 aromatic carbocycles. The van der Waals surface area contributed by atoms with Crippen LogP contribution in [0.5, 0.6) is 5.75 Å². The molecule has 5 nitrogen and oxygen atoms in total. The summed E-state index contributed by atoms with van der Waals surface area (Å²) >= 11 is 7.56. The highest BCUT2D eigenvalue weighted by molar-refractivity contribution is 8.13. The molecule has 0 aromatic heterocycles. The van der Waals surface area contributed by atoms with Crippen LogP contribution in [0.15, 0.2) is 89.0 Å². The monoisotopic (exact) mass is 624 g/mol. The Morgan fingerprint density at radius 1 is 1.05 bits per heavy atom. The van der Waals surface area contributed by atoms with Crippen LogP contribution in [-0.2, 0) is 24.0 Å². The summed E-state index contributed by atoms with van der Waals surface area (Å²) in [5.41, 5.74) is 14.8. The van der Waals surface area contributed by atoms with E-state index >= 15 is 8.78 Å². The zero-order chi connectivity index (χ0) is 31.6. The largest absolute Gasteiger partial charge is 0.495 e. The second-order valence-electron chi connectivity index (χ2n) is 10.7. The molecular weight excluding hydrogens is 586 g/mol. The molecule has 9 heteroatoms. The minimum atomic E-state index is -0.584. The molecule has 3 rings (SSSR count). The number of benzene rings is 3. The van der Waals surface area contributed by atoms with Gasteiger partial charge in [-0.15, -0.1) is 11.8 Å². The predicted octanol–water partition coefficient (Wildman–Crippen LogP) is 8.06. The number of aryl methyl sites for hydroxylation is 2. The fraction of sp³-hybridized carbons (Fsp3) is 0.294. The maximum Gasteiger partial charge on any atom is 0.185 e. The predicted molar refractivity (Wildman–Crippen MR) is 178 cm³/mol. The maximum atomic E-state index is 15.1. The number of halogens is 3. The van der Waals surface area contributed by atoms with E-state index in [-0.39, 0.29) is 17.3 Å². The lowest BCUT2D eigenvalue weighted by molar-refractivity contribution is 0.413. The number of nitrogens with zero attached hydrogens (tertiary/aromatic N) is 2. The molecule has 0 bridgehead atoms. The highest BCUT2D eigenvalue weighted by Crippen LogP contribution is 2.36. The van der Waals surface area contributed by atoms with E-state index in [0.29, 0.717) is 47.2 Å². The second-order valence-corrected chi connectivity index (χ2v) is 12.1. The van der Waals surface area contributed by atoms with Crippen molar-refractivity contribution < 1.29 is 13.5 Å². The molecule has 0 saturated heterocycles. The van der Waals surface area contributed by atoms with Gasteiger partial charge in [-0.3, -0.25) is 9.98 Å². The quantitative estimate of drug-likeness (QED) is 0.0871. The summed E-state index contributed by atoms with van der Waals surface area (Å²) in [6.07, 6.45) is 5.09. The van der Waals surface area contributed by atoms with Crippen LogP contribution in [0, 0.1) is 18.6 Å². The number of rotatable bonds is 13. The molecule has 0 fully saturated rings. The summed E-state index contributed by atoms with van der Waals surface area (Å²) in [6, 6.07) is 16.5. The summed E-state index contributed by atoms with van der Waals surface area (Å²) in [7, 11) is 1.58. The third-order valence-corrected chi connectivity index (χ3v) is 8.47. The lowest BCUT2D eigenvalue weighted by Crippen LogP contribution is -2.23. The van der Waals surface area contributed by atoms with Crippen molar-refractivity contribution in [3.05, 3.63) is 123 Å². The summed E-state index contributed by atoms with van der Waals surface area (Å²) in [5, 5.41) is 1.24. The van der Waals surface area contributed by atoms with E-state index in [0.717, 1.165) is 22.3 Å². The van der Waals surface area contributed by atoms with Gasteiger partial charge in [-0.1, -0.05) is 74.0 Å². The standard InChI is InChI=1S/C34H39ClF2N4OS/c1-6-25(34(3,4)26-13-14-28(35)31(19-26)42-5)20-41-32(18-23-11-9-22(2)10-12-23)43-21-27-29(36)16-24(17-30(27)37)8-7-15-40-33(38)39/h6,9-14,16-17,19-20H,1,7-8,15,18,21H2,2-5H3,(H4,38,39,40)/b25-20+,41-32?. The molecule has 0 amide bonds. The van der Waals surface area contributed by atoms with Crippen LogP contribution in [0.25, 0.3) is 0 Å². The Morgan fingerprint density at radius 3 is 2.33 bits per heavy atom. The third kappa shape index (κ3) is 9.70. The van der Waals surface area contributed by atoms with Crippen LogP contribution in [0.1, 0.15) is 48.1 Å². The number of hydrogen-bond donors (Lipinski definition) is 2. The maximum absolute atomic E-state index is 15.1. The van der Waals surface area contributed by atoms with Crippen LogP contribution in [0.2, 0.25) is 5.02 Å². The first-order chi connectivity index (χ1) is 20.4. The van der Waals surface area contributed by atoms with E-state index in [4.69, 9.17) is 32.8 Å². The molecule has 0 spiro atoms. The molecule has 0 aliphatic heterocycles. The molecule has 0 unspecified atom stereocenters. The van der Waals surface area contributed by atoms with Gasteiger partial charge in [-0.05, 0) is 66.3 Å². The number of guanidine groups is 1. The van der Waals surface area contributed by atoms with Crippen molar-refractivity contribution in [2.75, 3.05) is 13.7 Å². The molecular formula is C34H39ClF2N4OS. The van der Waals surface area contributed by atoms with E-state index < -0.39 is 17.0 Å². The molecule has 3 aromatic rings. The smallest absolute Gasteiger partial charge is 0.185 e. The van der Waals surface area contributed by atoms with Crippen molar-refractivity contribution in [2.45, 2.75) is 51.2 Å². The van der Waals surface area contributed by atoms with E-state index in [1.165, 1.54) is 23.9 Å². The first kappa shape index (κ1) is 33.9. The van der Waals surface area contributed by atoms with E-state index in [1.54, 1.807) is 25.5 Å². The topological polar surface area (TPSA) is 86.0 Å². The first-order valence-corrected chi connectivity index (χ1v) is 15.2. The van der Waals surface area contributed by atoms with Crippen molar-refractivity contribution in [1.29, 1.82) is 0 Å². The average molecular weight is 625 g/mol. The van der Waals surface area contributed by atoms with Crippen molar-refractivity contribution in [1.82, 2.24) is 0 Å². The fourth-order valence-corrected chi connectivity index (χ4v) is 5.60. The lowest BCUT2D eigenvalue weighted by atomic mass is 9.78. The van der Waals surface area contributed by atoms with Crippen molar-refractivity contribution in [2.24, 2.45) is 21.5 Å². The van der Waals surface area contributed by atoms with Gasteiger partial charge in [0, 0.05) is 35.9 Å². The third-order valence-electron chi connectivity index (χ3n) is 7.14. The molecule has 0 aliphatic carbocycles. The normalized spacial score (nSPS) is 12.3. The minimum absolute atomic E-state index is 0.00308. The van der Waals surface area contributed by atoms with Gasteiger partial charge in [-0.2, -0.15) is 0 Å². The minimum Gasteiger partial charge on any atom is -0.495 e. The van der Waals surface area contributed by atoms with Gasteiger partial charge in [-0.25, -0.2) is 8.78 Å². The zero-order valence-electron chi connectivity index (χ0n) is 25.1. The highest BCUT2D eigenvalue weighted by atomic mass is 35.5. The lowest BCUT2D eigenvalue weighted by Gasteiger charge is -2.27. The average Bonchev–Trinajstić information content (AvgIpc) is 2.96. The summed E-state index contributed by atoms with van der Waals surface area (Å²) in [5.74, 6) is -0.500. The highest BCUT2D eigenvalue weighted by Gasteiger charge is 2.25. The van der Waals surface area contributed by atoms with Gasteiger partial charge in [0.1, 0.15) is 17.4 Å². The SMILES string of the molecule is C=C/C(=C\N=C(Cc1ccc(C)cc1)SCc1c(F)cc(CCCN=C(N)N)cc1F)C(C)(C)c1ccc(Cl)c(OC)c1. The number of aliphatic imine (C=N–C) groups is 2. The second kappa shape index (κ2) is 15.7. The van der Waals surface area contributed by atoms with Gasteiger partial charge in [0.05, 0.1) is 17.2 Å². The molecule has 0 atom stereocenters. The van der Waals surface area contributed by atoms with Gasteiger partial charge in [0.25, 0.3) is 0 Å². The van der Waals surface area contributed by atoms with Gasteiger partial charge < -0.3 is 16.2 Å². The number of methoxy groups -OCH3 is 1. The summed E-state index contributed by atoms with van der Waals surface area (Å²) in [6.45, 7) is 10.6. The van der Waals surface area contributed by atoms with Gasteiger partial charge >= 0.3 is 0 Å². The molecule has 0 heterocycles. The number of hydrogen-bond acceptors (Lipinski definition) is 4. The Bertz CT molecular complexity index is 1490. The fourth-order valence-electron chi connectivity index (χ4n) is 4.43. The van der Waals surface area contributed by atoms with Crippen molar-refractivity contribution >= 4 is 34.4 Å². The summed E-state index contributed by atoms with van der Waals surface area (Å²) < 4.78 is 35.6. The molecule has 228 valence electrons. The number of ether oxygens (including phenoxy) is 1. The van der Waals surface area contributed by atoms with E-state index in [2.05, 4.69) is 25.4 Å². The number of allylic oxidation sites excluding steroid dienone is 2. The Labute approximate surface area is 262 Å². The Kier molecular flexibility index (Phi) is 12.4. The van der Waals surface area contributed by atoms with E-state index in [9.17, 15) is 0 Å². The first-order valence-electron chi connectivity index (χ1n) is 13.9. The number of nitrogens with two attached hydrogens (primary N) is 2. The summed E-state index contributed by atoms with van der Waals surface area (Å²) in [4.78, 5) is 8.75. The molecule has 0 saturated carbocycles. The van der Waals surface area contributed by atoms with Crippen LogP contribution in [-0.4, -0.2) is 24.7 Å². The van der Waals surface area contributed by atoms with Gasteiger partial charge in [0.15, 0.2) is 5.96 Å². The Balaban J connectivity index is 1.89. The molecule has 0 radical (unpaired) electrons. The molecule has 43 heavy (non-hydrogen) atoms. The van der Waals surface area contributed by atoms with Crippen molar-refractivity contribution in [3.8, 4) is 5.75 Å². The van der Waals surface area contributed by atoms with E-state index in [1.807, 2.05) is 43.3 Å². The molecule has 4 N–H and O–H groups in total. The van der Waals surface area contributed by atoms with Crippen LogP contribution in [0.4, 0.5) is 8.78 Å². The Morgan fingerprint density at radius 2 is 1.72 bits per heavy atom. The van der Waals surface area contributed by atoms with Crippen LogP contribution in [0.3, 0.4) is 0 Å². The van der Waals surface area contributed by atoms with Crippen LogP contribution >= 0.6 is 23.4 Å². The Hall–Kier alpha value is -3.62.